The molecule has 19 heavy (non-hydrogen) atoms. The second-order valence-electron chi connectivity index (χ2n) is 5.13. The zero-order valence-corrected chi connectivity index (χ0v) is 12.0. The van der Waals surface area contributed by atoms with E-state index in [4.69, 9.17) is 10.5 Å². The van der Waals surface area contributed by atoms with Gasteiger partial charge in [0.2, 0.25) is 0 Å². The summed E-state index contributed by atoms with van der Waals surface area (Å²) in [5.41, 5.74) is 7.59. The van der Waals surface area contributed by atoms with Crippen LogP contribution in [-0.4, -0.2) is 19.1 Å². The van der Waals surface area contributed by atoms with Crippen LogP contribution in [0.4, 0.5) is 0 Å². The molecular formula is C15H24N2O2. The fourth-order valence-electron chi connectivity index (χ4n) is 1.62. The third-order valence-corrected chi connectivity index (χ3v) is 2.89. The van der Waals surface area contributed by atoms with Gasteiger partial charge in [-0.3, -0.25) is 4.79 Å². The van der Waals surface area contributed by atoms with Gasteiger partial charge in [0.15, 0.2) is 6.61 Å². The topological polar surface area (TPSA) is 64.3 Å². The van der Waals surface area contributed by atoms with Gasteiger partial charge >= 0.3 is 0 Å². The Labute approximate surface area is 115 Å². The molecule has 0 saturated carbocycles. The Morgan fingerprint density at radius 1 is 1.42 bits per heavy atom. The highest BCUT2D eigenvalue weighted by molar-refractivity contribution is 5.77. The molecule has 3 N–H and O–H groups in total. The summed E-state index contributed by atoms with van der Waals surface area (Å²) in [4.78, 5) is 11.6. The Morgan fingerprint density at radius 2 is 2.16 bits per heavy atom. The van der Waals surface area contributed by atoms with E-state index in [2.05, 4.69) is 19.2 Å². The SMILES string of the molecule is Cc1ccc(CN)cc1OCC(=O)NCCC(C)C. The van der Waals surface area contributed by atoms with Crippen LogP contribution in [0.1, 0.15) is 31.4 Å². The van der Waals surface area contributed by atoms with Gasteiger partial charge < -0.3 is 15.8 Å². The Morgan fingerprint density at radius 3 is 2.79 bits per heavy atom. The number of nitrogens with one attached hydrogen (secondary N) is 1. The van der Waals surface area contributed by atoms with Crippen LogP contribution in [0.3, 0.4) is 0 Å². The Bertz CT molecular complexity index is 417. The highest BCUT2D eigenvalue weighted by atomic mass is 16.5. The first-order valence-corrected chi connectivity index (χ1v) is 6.72. The fourth-order valence-corrected chi connectivity index (χ4v) is 1.62. The largest absolute Gasteiger partial charge is 0.483 e. The first-order valence-electron chi connectivity index (χ1n) is 6.72. The van der Waals surface area contributed by atoms with Gasteiger partial charge in [-0.15, -0.1) is 0 Å². The Hall–Kier alpha value is -1.55. The molecule has 106 valence electrons. The van der Waals surface area contributed by atoms with E-state index in [1.165, 1.54) is 0 Å². The van der Waals surface area contributed by atoms with E-state index in [1.807, 2.05) is 25.1 Å². The smallest absolute Gasteiger partial charge is 0.257 e. The molecule has 0 aliphatic heterocycles. The minimum absolute atomic E-state index is 0.0486. The van der Waals surface area contributed by atoms with E-state index in [1.54, 1.807) is 0 Å². The molecule has 0 aromatic heterocycles. The molecule has 0 saturated heterocycles. The predicted molar refractivity (Wildman–Crippen MR) is 77.0 cm³/mol. The van der Waals surface area contributed by atoms with Crippen LogP contribution in [0.5, 0.6) is 5.75 Å². The van der Waals surface area contributed by atoms with Crippen molar-refractivity contribution in [3.05, 3.63) is 29.3 Å². The van der Waals surface area contributed by atoms with Crippen molar-refractivity contribution in [3.8, 4) is 5.75 Å². The standard InChI is InChI=1S/C15H24N2O2/c1-11(2)6-7-17-15(18)10-19-14-8-13(9-16)5-4-12(14)3/h4-5,8,11H,6-7,9-10,16H2,1-3H3,(H,17,18). The van der Waals surface area contributed by atoms with Crippen molar-refractivity contribution in [1.82, 2.24) is 5.32 Å². The van der Waals surface area contributed by atoms with Gasteiger partial charge in [0.25, 0.3) is 5.91 Å². The van der Waals surface area contributed by atoms with Crippen molar-refractivity contribution in [2.24, 2.45) is 11.7 Å². The van der Waals surface area contributed by atoms with E-state index >= 15 is 0 Å². The molecule has 0 atom stereocenters. The number of carbonyl (C=O) groups excluding carboxylic acids is 1. The van der Waals surface area contributed by atoms with E-state index in [-0.39, 0.29) is 12.5 Å². The highest BCUT2D eigenvalue weighted by Crippen LogP contribution is 2.19. The van der Waals surface area contributed by atoms with Crippen molar-refractivity contribution >= 4 is 5.91 Å². The molecule has 0 fully saturated rings. The van der Waals surface area contributed by atoms with E-state index in [9.17, 15) is 4.79 Å². The Balaban J connectivity index is 2.41. The van der Waals surface area contributed by atoms with Crippen LogP contribution in [0.15, 0.2) is 18.2 Å². The number of amides is 1. The quantitative estimate of drug-likeness (QED) is 0.791. The number of rotatable bonds is 7. The molecule has 0 unspecified atom stereocenters. The first-order chi connectivity index (χ1) is 9.02. The average molecular weight is 264 g/mol. The summed E-state index contributed by atoms with van der Waals surface area (Å²) in [5, 5.41) is 2.84. The summed E-state index contributed by atoms with van der Waals surface area (Å²) in [5.74, 6) is 1.23. The van der Waals surface area contributed by atoms with Crippen LogP contribution in [0.2, 0.25) is 0 Å². The van der Waals surface area contributed by atoms with Gasteiger partial charge in [-0.2, -0.15) is 0 Å². The number of hydrogen-bond acceptors (Lipinski definition) is 3. The van der Waals surface area contributed by atoms with Gasteiger partial charge in [0.05, 0.1) is 0 Å². The molecule has 0 spiro atoms. The molecular weight excluding hydrogens is 240 g/mol. The van der Waals surface area contributed by atoms with Crippen LogP contribution in [0, 0.1) is 12.8 Å². The minimum Gasteiger partial charge on any atom is -0.483 e. The third kappa shape index (κ3) is 5.75. The van der Waals surface area contributed by atoms with Crippen LogP contribution >= 0.6 is 0 Å². The second kappa shape index (κ2) is 7.79. The van der Waals surface area contributed by atoms with Crippen LogP contribution in [0.25, 0.3) is 0 Å². The lowest BCUT2D eigenvalue weighted by atomic mass is 10.1. The van der Waals surface area contributed by atoms with Crippen molar-refractivity contribution in [3.63, 3.8) is 0 Å². The number of carbonyl (C=O) groups is 1. The maximum absolute atomic E-state index is 11.6. The van der Waals surface area contributed by atoms with Gasteiger partial charge in [-0.25, -0.2) is 0 Å². The van der Waals surface area contributed by atoms with Crippen LogP contribution in [-0.2, 0) is 11.3 Å². The van der Waals surface area contributed by atoms with E-state index < -0.39 is 0 Å². The molecule has 0 aliphatic rings. The van der Waals surface area contributed by atoms with Crippen molar-refractivity contribution < 1.29 is 9.53 Å². The maximum atomic E-state index is 11.6. The second-order valence-corrected chi connectivity index (χ2v) is 5.13. The molecule has 1 aromatic carbocycles. The first kappa shape index (κ1) is 15.5. The zero-order valence-electron chi connectivity index (χ0n) is 12.0. The third-order valence-electron chi connectivity index (χ3n) is 2.89. The molecule has 1 rings (SSSR count). The van der Waals surface area contributed by atoms with Crippen molar-refractivity contribution in [2.45, 2.75) is 33.7 Å². The van der Waals surface area contributed by atoms with Gasteiger partial charge in [-0.1, -0.05) is 26.0 Å². The lowest BCUT2D eigenvalue weighted by molar-refractivity contribution is -0.123. The normalized spacial score (nSPS) is 10.6. The van der Waals surface area contributed by atoms with Gasteiger partial charge in [0, 0.05) is 13.1 Å². The summed E-state index contributed by atoms with van der Waals surface area (Å²) in [6, 6.07) is 5.80. The number of nitrogens with two attached hydrogens (primary N) is 1. The summed E-state index contributed by atoms with van der Waals surface area (Å²) < 4.78 is 5.53. The maximum Gasteiger partial charge on any atom is 0.257 e. The van der Waals surface area contributed by atoms with E-state index in [0.29, 0.717) is 19.0 Å². The Kier molecular flexibility index (Phi) is 6.36. The van der Waals surface area contributed by atoms with Crippen molar-refractivity contribution in [1.29, 1.82) is 0 Å². The fraction of sp³-hybridized carbons (Fsp3) is 0.533. The van der Waals surface area contributed by atoms with Gasteiger partial charge in [-0.05, 0) is 36.5 Å². The monoisotopic (exact) mass is 264 g/mol. The molecule has 0 bridgehead atoms. The number of benzene rings is 1. The summed E-state index contributed by atoms with van der Waals surface area (Å²) >= 11 is 0. The lowest BCUT2D eigenvalue weighted by Crippen LogP contribution is -2.30. The summed E-state index contributed by atoms with van der Waals surface area (Å²) in [7, 11) is 0. The molecule has 0 radical (unpaired) electrons. The summed E-state index contributed by atoms with van der Waals surface area (Å²) in [6.45, 7) is 7.42. The molecule has 4 heteroatoms. The zero-order chi connectivity index (χ0) is 14.3. The van der Waals surface area contributed by atoms with Crippen LogP contribution < -0.4 is 15.8 Å². The molecule has 0 heterocycles. The molecule has 1 aromatic rings. The molecule has 1 amide bonds. The number of ether oxygens (including phenoxy) is 1. The summed E-state index contributed by atoms with van der Waals surface area (Å²) in [6.07, 6.45) is 0.980. The average Bonchev–Trinajstić information content (AvgIpc) is 2.37. The van der Waals surface area contributed by atoms with Gasteiger partial charge in [0.1, 0.15) is 5.75 Å². The minimum atomic E-state index is -0.0850. The van der Waals surface area contributed by atoms with Crippen molar-refractivity contribution in [2.75, 3.05) is 13.2 Å². The highest BCUT2D eigenvalue weighted by Gasteiger charge is 2.05. The predicted octanol–water partition coefficient (Wildman–Crippen LogP) is 1.99. The molecule has 0 aliphatic carbocycles. The lowest BCUT2D eigenvalue weighted by Gasteiger charge is -2.11. The molecule has 4 nitrogen and oxygen atoms in total. The number of aryl methyl sites for hydroxylation is 1. The van der Waals surface area contributed by atoms with E-state index in [0.717, 1.165) is 23.3 Å². The number of hydrogen-bond donors (Lipinski definition) is 2.